The fraction of sp³-hybridized carbons (Fsp3) is 0.517. The number of carbonyl (C=O) groups is 2. The molecule has 2 aromatic rings. The molecule has 1 amide bonds. The Morgan fingerprint density at radius 2 is 1.46 bits per heavy atom. The second kappa shape index (κ2) is 13.6. The first-order valence-electron chi connectivity index (χ1n) is 12.4. The van der Waals surface area contributed by atoms with Crippen molar-refractivity contribution in [3.8, 4) is 0 Å². The van der Waals surface area contributed by atoms with Crippen LogP contribution < -0.4 is 23.0 Å². The van der Waals surface area contributed by atoms with Gasteiger partial charge >= 0.3 is 5.97 Å². The van der Waals surface area contributed by atoms with Gasteiger partial charge in [-0.1, -0.05) is 77.9 Å². The van der Waals surface area contributed by atoms with Gasteiger partial charge in [-0.25, -0.2) is 4.79 Å². The molecule has 0 heterocycles. The van der Waals surface area contributed by atoms with Gasteiger partial charge in [-0.2, -0.15) is 0 Å². The van der Waals surface area contributed by atoms with Gasteiger partial charge in [0, 0.05) is 18.4 Å². The van der Waals surface area contributed by atoms with Crippen molar-refractivity contribution in [1.82, 2.24) is 5.32 Å². The maximum atomic E-state index is 12.3. The highest BCUT2D eigenvalue weighted by atomic mass is 35.5. The fourth-order valence-corrected chi connectivity index (χ4v) is 3.84. The summed E-state index contributed by atoms with van der Waals surface area (Å²) in [5, 5.41) is 14.4. The van der Waals surface area contributed by atoms with Crippen LogP contribution in [0.3, 0.4) is 0 Å². The van der Waals surface area contributed by atoms with E-state index < -0.39 is 12.0 Å². The molecule has 194 valence electrons. The number of hydrogen-bond donors (Lipinski definition) is 3. The summed E-state index contributed by atoms with van der Waals surface area (Å²) in [4.78, 5) is 23.8. The molecule has 2 rings (SSSR count). The maximum Gasteiger partial charge on any atom is 0.326 e. The summed E-state index contributed by atoms with van der Waals surface area (Å²) in [5.74, 6) is -1.20. The van der Waals surface area contributed by atoms with Gasteiger partial charge in [0.2, 0.25) is 5.91 Å². The number of halogens is 1. The van der Waals surface area contributed by atoms with Crippen LogP contribution in [0, 0.1) is 0 Å². The quantitative estimate of drug-likeness (QED) is 0.405. The van der Waals surface area contributed by atoms with Crippen LogP contribution in [0.1, 0.15) is 83.1 Å². The zero-order chi connectivity index (χ0) is 25.4. The van der Waals surface area contributed by atoms with E-state index in [-0.39, 0.29) is 29.1 Å². The van der Waals surface area contributed by atoms with Crippen molar-refractivity contribution in [2.24, 2.45) is 0 Å². The van der Waals surface area contributed by atoms with Gasteiger partial charge in [0.05, 0.1) is 6.54 Å². The van der Waals surface area contributed by atoms with Gasteiger partial charge in [0.15, 0.2) is 0 Å². The van der Waals surface area contributed by atoms with Crippen molar-refractivity contribution in [2.75, 3.05) is 6.54 Å². The molecule has 0 aromatic heterocycles. The Balaban J connectivity index is 0.00000612. The van der Waals surface area contributed by atoms with Crippen molar-refractivity contribution >= 4 is 11.9 Å². The summed E-state index contributed by atoms with van der Waals surface area (Å²) in [5.41, 5.74) is 5.18. The van der Waals surface area contributed by atoms with E-state index in [9.17, 15) is 14.7 Å². The van der Waals surface area contributed by atoms with E-state index in [4.69, 9.17) is 0 Å². The number of carbonyl (C=O) groups excluding carboxylic acids is 1. The molecular weight excluding hydrogens is 460 g/mol. The molecule has 35 heavy (non-hydrogen) atoms. The third kappa shape index (κ3) is 10.8. The van der Waals surface area contributed by atoms with Crippen molar-refractivity contribution in [3.63, 3.8) is 0 Å². The lowest BCUT2D eigenvalue weighted by molar-refractivity contribution is -0.670. The van der Waals surface area contributed by atoms with Gasteiger partial charge in [0.25, 0.3) is 0 Å². The van der Waals surface area contributed by atoms with E-state index in [1.807, 2.05) is 30.3 Å². The second-order valence-electron chi connectivity index (χ2n) is 11.3. The molecule has 0 aliphatic rings. The molecule has 0 saturated heterocycles. The smallest absolute Gasteiger partial charge is 0.326 e. The molecule has 0 saturated carbocycles. The maximum absolute atomic E-state index is 12.3. The number of rotatable bonds is 11. The molecular formula is C29H43ClN2O3. The Bertz CT molecular complexity index is 914. The standard InChI is InChI=1S/C29H42N2O3.ClH/c1-28(2,3)23-16-22(17-24(19-23)29(4,5)6)20-30-15-11-10-14-26(32)31-25(27(33)34)18-21-12-8-7-9-13-21;/h7-9,12-13,16-17,19,25,30H,10-11,14-15,18,20H2,1-6H3,(H,31,32)(H,33,34);1H/t25-;/m0./s1. The molecule has 4 N–H and O–H groups in total. The molecule has 0 spiro atoms. The predicted octanol–water partition coefficient (Wildman–Crippen LogP) is 1.33. The van der Waals surface area contributed by atoms with Crippen LogP contribution in [0.25, 0.3) is 0 Å². The molecule has 1 atom stereocenters. The first-order valence-corrected chi connectivity index (χ1v) is 12.4. The summed E-state index contributed by atoms with van der Waals surface area (Å²) in [6.07, 6.45) is 2.30. The molecule has 0 aliphatic heterocycles. The minimum absolute atomic E-state index is 0. The van der Waals surface area contributed by atoms with E-state index in [1.54, 1.807) is 0 Å². The largest absolute Gasteiger partial charge is 1.00 e. The second-order valence-corrected chi connectivity index (χ2v) is 11.3. The van der Waals surface area contributed by atoms with Crippen LogP contribution in [-0.4, -0.2) is 29.6 Å². The Kier molecular flexibility index (Phi) is 12.0. The van der Waals surface area contributed by atoms with E-state index in [0.717, 1.165) is 31.5 Å². The fourth-order valence-electron chi connectivity index (χ4n) is 3.84. The first-order chi connectivity index (χ1) is 15.9. The number of quaternary nitrogens is 1. The Labute approximate surface area is 217 Å². The number of amides is 1. The summed E-state index contributed by atoms with van der Waals surface area (Å²) in [6.45, 7) is 15.4. The number of benzene rings is 2. The highest BCUT2D eigenvalue weighted by Gasteiger charge is 2.21. The summed E-state index contributed by atoms with van der Waals surface area (Å²) < 4.78 is 0. The predicted molar refractivity (Wildman–Crippen MR) is 138 cm³/mol. The molecule has 5 nitrogen and oxygen atoms in total. The number of carboxylic acids is 1. The first kappa shape index (κ1) is 30.7. The Morgan fingerprint density at radius 3 is 1.97 bits per heavy atom. The summed E-state index contributed by atoms with van der Waals surface area (Å²) in [7, 11) is 0. The van der Waals surface area contributed by atoms with Crippen LogP contribution in [0.5, 0.6) is 0 Å². The highest BCUT2D eigenvalue weighted by Crippen LogP contribution is 2.30. The normalized spacial score (nSPS) is 12.5. The van der Waals surface area contributed by atoms with E-state index >= 15 is 0 Å². The van der Waals surface area contributed by atoms with E-state index in [2.05, 4.69) is 70.4 Å². The van der Waals surface area contributed by atoms with Crippen LogP contribution in [-0.2, 0) is 33.4 Å². The number of unbranched alkanes of at least 4 members (excludes halogenated alkanes) is 1. The van der Waals surface area contributed by atoms with Crippen LogP contribution in [0.2, 0.25) is 0 Å². The summed E-state index contributed by atoms with van der Waals surface area (Å²) in [6, 6.07) is 15.5. The van der Waals surface area contributed by atoms with E-state index in [0.29, 0.717) is 12.8 Å². The number of nitrogens with one attached hydrogen (secondary N) is 1. The van der Waals surface area contributed by atoms with Gasteiger partial charge in [-0.3, -0.25) is 4.79 Å². The Morgan fingerprint density at radius 1 is 0.886 bits per heavy atom. The van der Waals surface area contributed by atoms with Crippen molar-refractivity contribution < 1.29 is 32.4 Å². The van der Waals surface area contributed by atoms with Gasteiger partial charge in [-0.15, -0.1) is 0 Å². The third-order valence-corrected chi connectivity index (χ3v) is 6.08. The van der Waals surface area contributed by atoms with Crippen molar-refractivity contribution in [1.29, 1.82) is 0 Å². The number of carboxylic acid groups (broad SMARTS) is 1. The molecule has 0 radical (unpaired) electrons. The highest BCUT2D eigenvalue weighted by molar-refractivity contribution is 5.83. The third-order valence-electron chi connectivity index (χ3n) is 6.08. The number of aliphatic carboxylic acids is 1. The minimum atomic E-state index is -1.00. The van der Waals surface area contributed by atoms with E-state index in [1.165, 1.54) is 16.7 Å². The lowest BCUT2D eigenvalue weighted by Crippen LogP contribution is -3.00. The van der Waals surface area contributed by atoms with Crippen molar-refractivity contribution in [2.45, 2.75) is 90.6 Å². The Hall–Kier alpha value is -2.37. The molecule has 0 aliphatic carbocycles. The monoisotopic (exact) mass is 502 g/mol. The van der Waals surface area contributed by atoms with Crippen LogP contribution in [0.4, 0.5) is 0 Å². The number of hydrogen-bond acceptors (Lipinski definition) is 2. The van der Waals surface area contributed by atoms with Crippen molar-refractivity contribution in [3.05, 3.63) is 70.8 Å². The molecule has 6 heteroatoms. The average molecular weight is 503 g/mol. The zero-order valence-electron chi connectivity index (χ0n) is 22.2. The molecule has 2 aromatic carbocycles. The van der Waals surface area contributed by atoms with Gasteiger partial charge in [0.1, 0.15) is 12.6 Å². The summed E-state index contributed by atoms with van der Waals surface area (Å²) >= 11 is 0. The van der Waals surface area contributed by atoms with Crippen LogP contribution >= 0.6 is 0 Å². The lowest BCUT2D eigenvalue weighted by Gasteiger charge is -2.26. The molecule has 0 bridgehead atoms. The van der Waals surface area contributed by atoms with Gasteiger partial charge < -0.3 is 28.1 Å². The zero-order valence-corrected chi connectivity index (χ0v) is 22.9. The SMILES string of the molecule is CC(C)(C)c1cc(C[NH2+]CCCCC(=O)N[C@@H](Cc2ccccc2)C(=O)O)cc(C(C)(C)C)c1.[Cl-]. The average Bonchev–Trinajstić information content (AvgIpc) is 2.75. The van der Waals surface area contributed by atoms with Gasteiger partial charge in [-0.05, 0) is 52.5 Å². The minimum Gasteiger partial charge on any atom is -1.00 e. The topological polar surface area (TPSA) is 83.0 Å². The number of nitrogens with two attached hydrogens (primary N) is 1. The lowest BCUT2D eigenvalue weighted by atomic mass is 9.79. The molecule has 0 unspecified atom stereocenters. The van der Waals surface area contributed by atoms with Crippen LogP contribution in [0.15, 0.2) is 48.5 Å². The molecule has 0 fully saturated rings.